The molecule has 3 aromatic heterocycles. The molecule has 0 aliphatic rings. The van der Waals surface area contributed by atoms with Gasteiger partial charge in [0.1, 0.15) is 22.2 Å². The predicted molar refractivity (Wildman–Crippen MR) is 129 cm³/mol. The molecule has 2 aromatic carbocycles. The number of fused-ring (bicyclic) bond motifs is 2. The molecule has 0 spiro atoms. The summed E-state index contributed by atoms with van der Waals surface area (Å²) in [4.78, 5) is 31.1. The highest BCUT2D eigenvalue weighted by atomic mass is 32.1. The van der Waals surface area contributed by atoms with Crippen LogP contribution >= 0.6 is 11.3 Å². The fourth-order valence-electron chi connectivity index (χ4n) is 3.68. The van der Waals surface area contributed by atoms with Gasteiger partial charge in [-0.15, -0.1) is 11.3 Å². The lowest BCUT2D eigenvalue weighted by Gasteiger charge is -2.11. The minimum absolute atomic E-state index is 0.0623. The number of H-pyrrole nitrogens is 1. The highest BCUT2D eigenvalue weighted by molar-refractivity contribution is 7.18. The summed E-state index contributed by atoms with van der Waals surface area (Å²) in [5.41, 5.74) is 2.14. The largest absolute Gasteiger partial charge is 0.435 e. The summed E-state index contributed by atoms with van der Waals surface area (Å²) in [6.07, 6.45) is 0. The van der Waals surface area contributed by atoms with E-state index in [1.54, 1.807) is 41.7 Å². The van der Waals surface area contributed by atoms with Crippen LogP contribution < -0.4 is 15.6 Å². The van der Waals surface area contributed by atoms with E-state index < -0.39 is 6.61 Å². The second-order valence-corrected chi connectivity index (χ2v) is 8.85. The zero-order chi connectivity index (χ0) is 23.8. The standard InChI is InChI=1S/C24H19F2N5O2S/c1-12-13(2)34-23-19(12)21(27-11-18-28-17-6-4-3-5-16(17)22(32)29-18)30-20(31-23)14-7-9-15(10-8-14)33-24(25)26/h3-10,24H,11H2,1-2H3,(H,27,30,31)(H,28,29,32). The Labute approximate surface area is 196 Å². The molecular weight excluding hydrogens is 460 g/mol. The molecule has 0 amide bonds. The summed E-state index contributed by atoms with van der Waals surface area (Å²) < 4.78 is 29.4. The van der Waals surface area contributed by atoms with Crippen molar-refractivity contribution < 1.29 is 13.5 Å². The maximum absolute atomic E-state index is 12.5. The number of alkyl halides is 2. The summed E-state index contributed by atoms with van der Waals surface area (Å²) in [6.45, 7) is 1.39. The first-order chi connectivity index (χ1) is 16.4. The highest BCUT2D eigenvalue weighted by Crippen LogP contribution is 2.35. The van der Waals surface area contributed by atoms with Crippen LogP contribution in [0.3, 0.4) is 0 Å². The third-order valence-corrected chi connectivity index (χ3v) is 6.55. The van der Waals surface area contributed by atoms with Crippen LogP contribution in [0.4, 0.5) is 14.6 Å². The molecule has 5 aromatic rings. The van der Waals surface area contributed by atoms with E-state index in [0.717, 1.165) is 20.7 Å². The van der Waals surface area contributed by atoms with Gasteiger partial charge in [0.25, 0.3) is 5.56 Å². The van der Waals surface area contributed by atoms with Crippen molar-refractivity contribution in [3.05, 3.63) is 75.1 Å². The molecule has 0 bridgehead atoms. The molecule has 10 heteroatoms. The van der Waals surface area contributed by atoms with Gasteiger partial charge in [-0.2, -0.15) is 8.78 Å². The summed E-state index contributed by atoms with van der Waals surface area (Å²) in [5, 5.41) is 4.72. The number of hydrogen-bond donors (Lipinski definition) is 2. The van der Waals surface area contributed by atoms with Crippen molar-refractivity contribution in [2.45, 2.75) is 27.0 Å². The fraction of sp³-hybridized carbons (Fsp3) is 0.167. The molecular formula is C24H19F2N5O2S. The normalized spacial score (nSPS) is 11.4. The first kappa shape index (κ1) is 21.9. The maximum Gasteiger partial charge on any atom is 0.387 e. The van der Waals surface area contributed by atoms with E-state index in [1.165, 1.54) is 12.1 Å². The first-order valence-corrected chi connectivity index (χ1v) is 11.3. The number of halogens is 2. The topological polar surface area (TPSA) is 92.8 Å². The van der Waals surface area contributed by atoms with E-state index >= 15 is 0 Å². The molecule has 34 heavy (non-hydrogen) atoms. The zero-order valence-electron chi connectivity index (χ0n) is 18.2. The molecule has 0 saturated heterocycles. The van der Waals surface area contributed by atoms with Crippen molar-refractivity contribution in [2.24, 2.45) is 0 Å². The van der Waals surface area contributed by atoms with Gasteiger partial charge in [-0.3, -0.25) is 4.79 Å². The van der Waals surface area contributed by atoms with Crippen molar-refractivity contribution >= 4 is 38.3 Å². The van der Waals surface area contributed by atoms with Gasteiger partial charge in [0.15, 0.2) is 5.82 Å². The third kappa shape index (κ3) is 4.19. The van der Waals surface area contributed by atoms with Gasteiger partial charge in [-0.05, 0) is 55.8 Å². The predicted octanol–water partition coefficient (Wildman–Crippen LogP) is 5.43. The molecule has 3 heterocycles. The number of hydrogen-bond acceptors (Lipinski definition) is 7. The van der Waals surface area contributed by atoms with Crippen LogP contribution in [0.1, 0.15) is 16.3 Å². The van der Waals surface area contributed by atoms with Crippen LogP contribution in [-0.4, -0.2) is 26.5 Å². The Bertz CT molecular complexity index is 1560. The molecule has 0 unspecified atom stereocenters. The molecule has 5 rings (SSSR count). The van der Waals surface area contributed by atoms with Crippen molar-refractivity contribution in [1.82, 2.24) is 19.9 Å². The van der Waals surface area contributed by atoms with Gasteiger partial charge in [0.05, 0.1) is 22.8 Å². The second-order valence-electron chi connectivity index (χ2n) is 7.65. The van der Waals surface area contributed by atoms with Crippen molar-refractivity contribution in [2.75, 3.05) is 5.32 Å². The van der Waals surface area contributed by atoms with Crippen LogP contribution in [0, 0.1) is 13.8 Å². The van der Waals surface area contributed by atoms with Crippen LogP contribution in [0.2, 0.25) is 0 Å². The zero-order valence-corrected chi connectivity index (χ0v) is 19.0. The molecule has 0 radical (unpaired) electrons. The lowest BCUT2D eigenvalue weighted by Crippen LogP contribution is -2.15. The third-order valence-electron chi connectivity index (χ3n) is 5.45. The van der Waals surface area contributed by atoms with Crippen molar-refractivity contribution in [3.8, 4) is 17.1 Å². The van der Waals surface area contributed by atoms with Crippen LogP contribution in [0.5, 0.6) is 5.75 Å². The van der Waals surface area contributed by atoms with E-state index in [2.05, 4.69) is 20.0 Å². The average molecular weight is 480 g/mol. The lowest BCUT2D eigenvalue weighted by molar-refractivity contribution is -0.0498. The Morgan fingerprint density at radius 2 is 1.82 bits per heavy atom. The SMILES string of the molecule is Cc1sc2nc(-c3ccc(OC(F)F)cc3)nc(NCc3nc4ccccc4c(=O)[nH]3)c2c1C. The number of nitrogens with zero attached hydrogens (tertiary/aromatic N) is 3. The number of aromatic amines is 1. The number of rotatable bonds is 6. The van der Waals surface area contributed by atoms with Crippen LogP contribution in [-0.2, 0) is 6.54 Å². The number of anilines is 1. The van der Waals surface area contributed by atoms with Gasteiger partial charge in [0, 0.05) is 10.4 Å². The Morgan fingerprint density at radius 3 is 2.59 bits per heavy atom. The highest BCUT2D eigenvalue weighted by Gasteiger charge is 2.16. The minimum Gasteiger partial charge on any atom is -0.435 e. The summed E-state index contributed by atoms with van der Waals surface area (Å²) in [6, 6.07) is 13.3. The number of ether oxygens (including phenoxy) is 1. The Balaban J connectivity index is 1.51. The number of aryl methyl sites for hydroxylation is 2. The van der Waals surface area contributed by atoms with Gasteiger partial charge in [0.2, 0.25) is 0 Å². The van der Waals surface area contributed by atoms with E-state index in [9.17, 15) is 13.6 Å². The quantitative estimate of drug-likeness (QED) is 0.338. The lowest BCUT2D eigenvalue weighted by atomic mass is 10.1. The Morgan fingerprint density at radius 1 is 1.06 bits per heavy atom. The second kappa shape index (κ2) is 8.79. The molecule has 0 aliphatic heterocycles. The Kier molecular flexibility index (Phi) is 5.66. The number of benzene rings is 2. The van der Waals surface area contributed by atoms with Crippen molar-refractivity contribution in [3.63, 3.8) is 0 Å². The van der Waals surface area contributed by atoms with E-state index in [1.807, 2.05) is 19.9 Å². The number of para-hydroxylation sites is 1. The number of nitrogens with one attached hydrogen (secondary N) is 2. The van der Waals surface area contributed by atoms with E-state index in [-0.39, 0.29) is 17.9 Å². The molecule has 0 saturated carbocycles. The summed E-state index contributed by atoms with van der Waals surface area (Å²) >= 11 is 1.55. The molecule has 172 valence electrons. The maximum atomic E-state index is 12.5. The number of aromatic nitrogens is 4. The average Bonchev–Trinajstić information content (AvgIpc) is 3.11. The molecule has 0 atom stereocenters. The fourth-order valence-corrected chi connectivity index (χ4v) is 4.71. The monoisotopic (exact) mass is 479 g/mol. The van der Waals surface area contributed by atoms with E-state index in [4.69, 9.17) is 9.97 Å². The smallest absolute Gasteiger partial charge is 0.387 e. The molecule has 0 fully saturated rings. The Hall–Kier alpha value is -3.92. The van der Waals surface area contributed by atoms with Crippen molar-refractivity contribution in [1.29, 1.82) is 0 Å². The van der Waals surface area contributed by atoms with Gasteiger partial charge in [-0.25, -0.2) is 15.0 Å². The van der Waals surface area contributed by atoms with Gasteiger partial charge < -0.3 is 15.0 Å². The summed E-state index contributed by atoms with van der Waals surface area (Å²) in [5.74, 6) is 1.59. The summed E-state index contributed by atoms with van der Waals surface area (Å²) in [7, 11) is 0. The van der Waals surface area contributed by atoms with Gasteiger partial charge in [-0.1, -0.05) is 12.1 Å². The molecule has 7 nitrogen and oxygen atoms in total. The number of thiophene rings is 1. The first-order valence-electron chi connectivity index (χ1n) is 10.4. The van der Waals surface area contributed by atoms with Crippen LogP contribution in [0.25, 0.3) is 32.5 Å². The van der Waals surface area contributed by atoms with Crippen LogP contribution in [0.15, 0.2) is 53.3 Å². The van der Waals surface area contributed by atoms with Gasteiger partial charge >= 0.3 is 6.61 Å². The van der Waals surface area contributed by atoms with E-state index in [0.29, 0.717) is 33.9 Å². The molecule has 0 aliphatic carbocycles. The molecule has 2 N–H and O–H groups in total. The minimum atomic E-state index is -2.89.